The quantitative estimate of drug-likeness (QED) is 0.395. The molecule has 0 fully saturated rings. The second-order valence-electron chi connectivity index (χ2n) is 4.29. The molecule has 1 N–H and O–H groups in total. The number of hydrogen-bond acceptors (Lipinski definition) is 3. The Hall–Kier alpha value is -1.06. The third kappa shape index (κ3) is 4.21. The molecule has 0 amide bonds. The monoisotopic (exact) mass is 230 g/mol. The van der Waals surface area contributed by atoms with Crippen LogP contribution in [0.4, 0.5) is 0 Å². The minimum absolute atomic E-state index is 0.346. The molecule has 0 aliphatic rings. The predicted octanol–water partition coefficient (Wildman–Crippen LogP) is 2.61. The first-order chi connectivity index (χ1) is 7.49. The number of rotatable bonds is 8. The van der Waals surface area contributed by atoms with E-state index in [2.05, 4.69) is 11.7 Å². The van der Waals surface area contributed by atoms with E-state index < -0.39 is 17.4 Å². The molecule has 1 atom stereocenters. The number of aliphatic carboxylic acids is 1. The molecule has 0 bridgehead atoms. The van der Waals surface area contributed by atoms with Crippen molar-refractivity contribution in [1.29, 1.82) is 0 Å². The van der Waals surface area contributed by atoms with Gasteiger partial charge in [-0.05, 0) is 13.3 Å². The van der Waals surface area contributed by atoms with Gasteiger partial charge in [-0.2, -0.15) is 0 Å². The number of esters is 1. The topological polar surface area (TPSA) is 63.6 Å². The van der Waals surface area contributed by atoms with Crippen molar-refractivity contribution in [2.24, 2.45) is 5.41 Å². The summed E-state index contributed by atoms with van der Waals surface area (Å²) in [6.45, 7) is 3.55. The highest BCUT2D eigenvalue weighted by molar-refractivity contribution is 5.98. The minimum atomic E-state index is -1.39. The summed E-state index contributed by atoms with van der Waals surface area (Å²) in [6.07, 6.45) is 5.45. The van der Waals surface area contributed by atoms with E-state index in [0.717, 1.165) is 32.1 Å². The lowest BCUT2D eigenvalue weighted by atomic mass is 9.84. The average Bonchev–Trinajstić information content (AvgIpc) is 2.27. The van der Waals surface area contributed by atoms with Gasteiger partial charge in [-0.1, -0.05) is 39.0 Å². The van der Waals surface area contributed by atoms with Gasteiger partial charge in [0, 0.05) is 0 Å². The molecule has 4 nitrogen and oxygen atoms in total. The molecule has 0 heterocycles. The van der Waals surface area contributed by atoms with Crippen molar-refractivity contribution in [3.63, 3.8) is 0 Å². The maximum absolute atomic E-state index is 11.4. The van der Waals surface area contributed by atoms with Gasteiger partial charge in [-0.3, -0.25) is 9.59 Å². The molecule has 0 saturated carbocycles. The lowest BCUT2D eigenvalue weighted by Crippen LogP contribution is -2.37. The standard InChI is InChI=1S/C12H22O4/c1-4-5-6-7-8-9-12(2,10(13)14)11(15)16-3/h4-9H2,1-3H3,(H,13,14)/t12-/m1/s1. The van der Waals surface area contributed by atoms with Gasteiger partial charge < -0.3 is 9.84 Å². The summed E-state index contributed by atoms with van der Waals surface area (Å²) in [4.78, 5) is 22.4. The summed E-state index contributed by atoms with van der Waals surface area (Å²) < 4.78 is 4.54. The van der Waals surface area contributed by atoms with Crippen LogP contribution in [-0.4, -0.2) is 24.2 Å². The van der Waals surface area contributed by atoms with E-state index in [9.17, 15) is 9.59 Å². The Morgan fingerprint density at radius 3 is 2.19 bits per heavy atom. The van der Waals surface area contributed by atoms with Gasteiger partial charge >= 0.3 is 11.9 Å². The number of ether oxygens (including phenoxy) is 1. The van der Waals surface area contributed by atoms with Gasteiger partial charge in [0.2, 0.25) is 0 Å². The van der Waals surface area contributed by atoms with Gasteiger partial charge in [0.05, 0.1) is 7.11 Å². The van der Waals surface area contributed by atoms with Crippen molar-refractivity contribution >= 4 is 11.9 Å². The summed E-state index contributed by atoms with van der Waals surface area (Å²) in [7, 11) is 1.22. The summed E-state index contributed by atoms with van der Waals surface area (Å²) in [5.41, 5.74) is -1.39. The molecule has 4 heteroatoms. The van der Waals surface area contributed by atoms with Gasteiger partial charge in [0.15, 0.2) is 5.41 Å². The average molecular weight is 230 g/mol. The zero-order valence-corrected chi connectivity index (χ0v) is 10.4. The number of methoxy groups -OCH3 is 1. The molecule has 0 aliphatic carbocycles. The van der Waals surface area contributed by atoms with Crippen molar-refractivity contribution in [3.8, 4) is 0 Å². The largest absolute Gasteiger partial charge is 0.480 e. The number of carboxylic acids is 1. The van der Waals surface area contributed by atoms with E-state index in [0.29, 0.717) is 6.42 Å². The van der Waals surface area contributed by atoms with Crippen LogP contribution in [0.15, 0.2) is 0 Å². The van der Waals surface area contributed by atoms with Crippen LogP contribution in [0.3, 0.4) is 0 Å². The van der Waals surface area contributed by atoms with Crippen molar-refractivity contribution in [2.45, 2.75) is 52.4 Å². The number of carboxylic acid groups (broad SMARTS) is 1. The fourth-order valence-corrected chi connectivity index (χ4v) is 1.60. The molecule has 0 aliphatic heterocycles. The summed E-state index contributed by atoms with van der Waals surface area (Å²) >= 11 is 0. The molecule has 0 rings (SSSR count). The van der Waals surface area contributed by atoms with Crippen LogP contribution in [0, 0.1) is 5.41 Å². The normalized spacial score (nSPS) is 14.2. The van der Waals surface area contributed by atoms with Crippen LogP contribution in [0.5, 0.6) is 0 Å². The third-order valence-corrected chi connectivity index (χ3v) is 2.89. The zero-order valence-electron chi connectivity index (χ0n) is 10.4. The fraction of sp³-hybridized carbons (Fsp3) is 0.833. The van der Waals surface area contributed by atoms with E-state index in [1.807, 2.05) is 0 Å². The molecule has 0 aromatic rings. The van der Waals surface area contributed by atoms with Gasteiger partial charge in [0.25, 0.3) is 0 Å². The van der Waals surface area contributed by atoms with Crippen LogP contribution in [0.1, 0.15) is 52.4 Å². The SMILES string of the molecule is CCCCCCC[C@](C)(C(=O)O)C(=O)OC. The molecule has 0 aromatic heterocycles. The molecular weight excluding hydrogens is 208 g/mol. The Labute approximate surface area is 97.0 Å². The molecule has 0 radical (unpaired) electrons. The number of carbonyl (C=O) groups is 2. The highest BCUT2D eigenvalue weighted by atomic mass is 16.5. The van der Waals surface area contributed by atoms with Crippen LogP contribution < -0.4 is 0 Å². The van der Waals surface area contributed by atoms with Crippen LogP contribution in [0.25, 0.3) is 0 Å². The Morgan fingerprint density at radius 2 is 1.75 bits per heavy atom. The van der Waals surface area contributed by atoms with Gasteiger partial charge in [-0.15, -0.1) is 0 Å². The molecule has 16 heavy (non-hydrogen) atoms. The highest BCUT2D eigenvalue weighted by Gasteiger charge is 2.41. The van der Waals surface area contributed by atoms with E-state index in [1.165, 1.54) is 14.0 Å². The minimum Gasteiger partial charge on any atom is -0.480 e. The smallest absolute Gasteiger partial charge is 0.322 e. The Bertz CT molecular complexity index is 237. The predicted molar refractivity (Wildman–Crippen MR) is 61.1 cm³/mol. The molecule has 94 valence electrons. The molecular formula is C12H22O4. The van der Waals surface area contributed by atoms with Crippen molar-refractivity contribution < 1.29 is 19.4 Å². The summed E-state index contributed by atoms with van der Waals surface area (Å²) in [6, 6.07) is 0. The second kappa shape index (κ2) is 7.25. The van der Waals surface area contributed by atoms with Crippen LogP contribution in [0.2, 0.25) is 0 Å². The Kier molecular flexibility index (Phi) is 6.77. The fourth-order valence-electron chi connectivity index (χ4n) is 1.60. The van der Waals surface area contributed by atoms with Gasteiger partial charge in [-0.25, -0.2) is 0 Å². The molecule has 0 spiro atoms. The second-order valence-corrected chi connectivity index (χ2v) is 4.29. The maximum Gasteiger partial charge on any atom is 0.322 e. The first-order valence-corrected chi connectivity index (χ1v) is 5.80. The number of carbonyl (C=O) groups excluding carboxylic acids is 1. The zero-order chi connectivity index (χ0) is 12.6. The maximum atomic E-state index is 11.4. The summed E-state index contributed by atoms with van der Waals surface area (Å²) in [5.74, 6) is -1.76. The third-order valence-electron chi connectivity index (χ3n) is 2.89. The van der Waals surface area contributed by atoms with E-state index >= 15 is 0 Å². The highest BCUT2D eigenvalue weighted by Crippen LogP contribution is 2.26. The molecule has 0 aromatic carbocycles. The van der Waals surface area contributed by atoms with Gasteiger partial charge in [0.1, 0.15) is 0 Å². The molecule has 0 unspecified atom stereocenters. The first-order valence-electron chi connectivity index (χ1n) is 5.80. The molecule has 0 saturated heterocycles. The van der Waals surface area contributed by atoms with Crippen LogP contribution >= 0.6 is 0 Å². The van der Waals surface area contributed by atoms with Crippen LogP contribution in [-0.2, 0) is 14.3 Å². The van der Waals surface area contributed by atoms with Crippen molar-refractivity contribution in [1.82, 2.24) is 0 Å². The van der Waals surface area contributed by atoms with Crippen molar-refractivity contribution in [3.05, 3.63) is 0 Å². The lowest BCUT2D eigenvalue weighted by molar-refractivity contribution is -0.166. The number of hydrogen-bond donors (Lipinski definition) is 1. The van der Waals surface area contributed by atoms with E-state index in [1.54, 1.807) is 0 Å². The van der Waals surface area contributed by atoms with E-state index in [-0.39, 0.29) is 0 Å². The Balaban J connectivity index is 4.14. The Morgan fingerprint density at radius 1 is 1.19 bits per heavy atom. The first kappa shape index (κ1) is 14.9. The summed E-state index contributed by atoms with van der Waals surface area (Å²) in [5, 5.41) is 9.04. The van der Waals surface area contributed by atoms with E-state index in [4.69, 9.17) is 5.11 Å². The number of unbranched alkanes of at least 4 members (excludes halogenated alkanes) is 4. The lowest BCUT2D eigenvalue weighted by Gasteiger charge is -2.21. The van der Waals surface area contributed by atoms with Crippen molar-refractivity contribution in [2.75, 3.05) is 7.11 Å².